The van der Waals surface area contributed by atoms with E-state index in [9.17, 15) is 4.79 Å². The normalized spacial score (nSPS) is 15.5. The van der Waals surface area contributed by atoms with E-state index in [4.69, 9.17) is 4.74 Å². The molecule has 2 aromatic rings. The number of hydrogen-bond acceptors (Lipinski definition) is 4. The molecule has 25 heavy (non-hydrogen) atoms. The van der Waals surface area contributed by atoms with Crippen LogP contribution in [0.5, 0.6) is 0 Å². The predicted molar refractivity (Wildman–Crippen MR) is 96.0 cm³/mol. The lowest BCUT2D eigenvalue weighted by atomic mass is 9.96. The van der Waals surface area contributed by atoms with Gasteiger partial charge in [0.05, 0.1) is 13.0 Å². The molecule has 0 atom stereocenters. The third-order valence-corrected chi connectivity index (χ3v) is 4.90. The zero-order valence-corrected chi connectivity index (χ0v) is 15.0. The van der Waals surface area contributed by atoms with Crippen LogP contribution in [-0.2, 0) is 16.1 Å². The van der Waals surface area contributed by atoms with Crippen molar-refractivity contribution in [1.29, 1.82) is 0 Å². The topological polar surface area (TPSA) is 60.2 Å². The number of aromatic nitrogens is 3. The second kappa shape index (κ2) is 8.25. The molecule has 0 spiro atoms. The Hall–Kier alpha value is -2.21. The first-order valence-electron chi connectivity index (χ1n) is 8.88. The number of ether oxygens (including phenoxy) is 1. The molecule has 0 bridgehead atoms. The number of rotatable bonds is 6. The van der Waals surface area contributed by atoms with Gasteiger partial charge in [0, 0.05) is 56.6 Å². The van der Waals surface area contributed by atoms with E-state index in [1.54, 1.807) is 13.3 Å². The molecule has 0 radical (unpaired) electrons. The molecule has 3 heterocycles. The number of imidazole rings is 1. The molecule has 1 aliphatic heterocycles. The van der Waals surface area contributed by atoms with Crippen molar-refractivity contribution >= 4 is 5.91 Å². The summed E-state index contributed by atoms with van der Waals surface area (Å²) in [4.78, 5) is 22.8. The second-order valence-corrected chi connectivity index (χ2v) is 6.64. The summed E-state index contributed by atoms with van der Waals surface area (Å²) in [6.07, 6.45) is 8.10. The second-order valence-electron chi connectivity index (χ2n) is 6.64. The molecule has 6 nitrogen and oxygen atoms in total. The van der Waals surface area contributed by atoms with Gasteiger partial charge in [-0.2, -0.15) is 0 Å². The Balaban J connectivity index is 1.61. The number of piperidine rings is 1. The van der Waals surface area contributed by atoms with Gasteiger partial charge in [0.25, 0.3) is 0 Å². The molecule has 134 valence electrons. The average molecular weight is 342 g/mol. The number of nitrogens with zero attached hydrogens (tertiary/aromatic N) is 4. The third kappa shape index (κ3) is 4.25. The minimum Gasteiger partial charge on any atom is -0.384 e. The van der Waals surface area contributed by atoms with Crippen LogP contribution in [0.4, 0.5) is 0 Å². The maximum Gasteiger partial charge on any atom is 0.224 e. The van der Waals surface area contributed by atoms with Crippen molar-refractivity contribution in [2.24, 2.45) is 5.92 Å². The van der Waals surface area contributed by atoms with E-state index in [2.05, 4.69) is 21.5 Å². The third-order valence-electron chi connectivity index (χ3n) is 4.90. The number of likely N-dealkylation sites (tertiary alicyclic amines) is 1. The lowest BCUT2D eigenvalue weighted by Gasteiger charge is -2.32. The molecule has 6 heteroatoms. The Labute approximate surface area is 148 Å². The van der Waals surface area contributed by atoms with Gasteiger partial charge < -0.3 is 14.2 Å². The van der Waals surface area contributed by atoms with E-state index >= 15 is 0 Å². The molecule has 0 aromatic carbocycles. The Morgan fingerprint density at radius 1 is 1.32 bits per heavy atom. The van der Waals surface area contributed by atoms with E-state index in [1.807, 2.05) is 29.4 Å². The van der Waals surface area contributed by atoms with Crippen LogP contribution < -0.4 is 0 Å². The number of methoxy groups -OCH3 is 1. The summed E-state index contributed by atoms with van der Waals surface area (Å²) in [6, 6.07) is 3.98. The first kappa shape index (κ1) is 17.6. The van der Waals surface area contributed by atoms with E-state index in [0.29, 0.717) is 18.9 Å². The number of hydrogen-bond donors (Lipinski definition) is 0. The van der Waals surface area contributed by atoms with Gasteiger partial charge in [0.1, 0.15) is 5.82 Å². The molecule has 0 unspecified atom stereocenters. The Bertz CT molecular complexity index is 691. The molecule has 1 amide bonds. The predicted octanol–water partition coefficient (Wildman–Crippen LogP) is 2.53. The summed E-state index contributed by atoms with van der Waals surface area (Å²) in [5.41, 5.74) is 2.21. The van der Waals surface area contributed by atoms with Gasteiger partial charge in [-0.25, -0.2) is 4.98 Å². The van der Waals surface area contributed by atoms with Crippen molar-refractivity contribution in [3.63, 3.8) is 0 Å². The fourth-order valence-corrected chi connectivity index (χ4v) is 3.39. The Kier molecular flexibility index (Phi) is 5.81. The van der Waals surface area contributed by atoms with Crippen LogP contribution in [0.25, 0.3) is 11.4 Å². The van der Waals surface area contributed by atoms with Gasteiger partial charge in [0.15, 0.2) is 0 Å². The van der Waals surface area contributed by atoms with Gasteiger partial charge in [-0.05, 0) is 37.8 Å². The van der Waals surface area contributed by atoms with Crippen molar-refractivity contribution in [3.8, 4) is 11.4 Å². The van der Waals surface area contributed by atoms with Crippen molar-refractivity contribution < 1.29 is 9.53 Å². The quantitative estimate of drug-likeness (QED) is 0.809. The molecule has 1 aliphatic rings. The minimum atomic E-state index is 0.204. The lowest BCUT2D eigenvalue weighted by Crippen LogP contribution is -2.39. The fourth-order valence-electron chi connectivity index (χ4n) is 3.39. The van der Waals surface area contributed by atoms with Crippen molar-refractivity contribution in [1.82, 2.24) is 19.4 Å². The standard InChI is InChI=1S/C19H26N4O2/c1-15-12-21-19(17-4-3-8-20-13-17)23(15)14-16-5-9-22(10-6-16)18(24)7-11-25-2/h3-4,8,12-13,16H,5-7,9-11,14H2,1-2H3. The highest BCUT2D eigenvalue weighted by Gasteiger charge is 2.24. The average Bonchev–Trinajstić information content (AvgIpc) is 3.01. The first-order chi connectivity index (χ1) is 12.2. The van der Waals surface area contributed by atoms with E-state index in [0.717, 1.165) is 49.6 Å². The molecular weight excluding hydrogens is 316 g/mol. The van der Waals surface area contributed by atoms with Crippen LogP contribution in [0.15, 0.2) is 30.7 Å². The zero-order valence-electron chi connectivity index (χ0n) is 15.0. The van der Waals surface area contributed by atoms with Crippen LogP contribution in [0.2, 0.25) is 0 Å². The maximum absolute atomic E-state index is 12.1. The molecule has 1 fully saturated rings. The number of carbonyl (C=O) groups is 1. The van der Waals surface area contributed by atoms with Gasteiger partial charge in [-0.3, -0.25) is 9.78 Å². The van der Waals surface area contributed by atoms with Crippen LogP contribution >= 0.6 is 0 Å². The molecule has 3 rings (SSSR count). The highest BCUT2D eigenvalue weighted by molar-refractivity contribution is 5.76. The van der Waals surface area contributed by atoms with Crippen molar-refractivity contribution in [3.05, 3.63) is 36.4 Å². The van der Waals surface area contributed by atoms with Gasteiger partial charge in [-0.15, -0.1) is 0 Å². The number of carbonyl (C=O) groups excluding carboxylic acids is 1. The van der Waals surface area contributed by atoms with Gasteiger partial charge >= 0.3 is 0 Å². The van der Waals surface area contributed by atoms with Gasteiger partial charge in [-0.1, -0.05) is 0 Å². The summed E-state index contributed by atoms with van der Waals surface area (Å²) in [5, 5.41) is 0. The van der Waals surface area contributed by atoms with Crippen molar-refractivity contribution in [2.75, 3.05) is 26.8 Å². The largest absolute Gasteiger partial charge is 0.384 e. The first-order valence-corrected chi connectivity index (χ1v) is 8.88. The molecule has 1 saturated heterocycles. The number of pyridine rings is 1. The fraction of sp³-hybridized carbons (Fsp3) is 0.526. The van der Waals surface area contributed by atoms with E-state index in [-0.39, 0.29) is 5.91 Å². The zero-order chi connectivity index (χ0) is 17.6. The smallest absolute Gasteiger partial charge is 0.224 e. The monoisotopic (exact) mass is 342 g/mol. The lowest BCUT2D eigenvalue weighted by molar-refractivity contribution is -0.133. The molecule has 0 saturated carbocycles. The summed E-state index contributed by atoms with van der Waals surface area (Å²) in [7, 11) is 1.63. The van der Waals surface area contributed by atoms with Crippen LogP contribution in [0, 0.1) is 12.8 Å². The minimum absolute atomic E-state index is 0.204. The van der Waals surface area contributed by atoms with E-state index < -0.39 is 0 Å². The molecular formula is C19H26N4O2. The van der Waals surface area contributed by atoms with Crippen LogP contribution in [0.3, 0.4) is 0 Å². The molecule has 2 aromatic heterocycles. The maximum atomic E-state index is 12.1. The SMILES string of the molecule is COCCC(=O)N1CCC(Cn2c(C)cnc2-c2cccnc2)CC1. The summed E-state index contributed by atoms with van der Waals surface area (Å²) in [5.74, 6) is 1.74. The van der Waals surface area contributed by atoms with Gasteiger partial charge in [0.2, 0.25) is 5.91 Å². The number of aryl methyl sites for hydroxylation is 1. The van der Waals surface area contributed by atoms with Crippen LogP contribution in [0.1, 0.15) is 25.0 Å². The molecule has 0 aliphatic carbocycles. The van der Waals surface area contributed by atoms with Crippen LogP contribution in [-0.4, -0.2) is 52.1 Å². The van der Waals surface area contributed by atoms with E-state index in [1.165, 1.54) is 0 Å². The molecule has 0 N–H and O–H groups in total. The summed E-state index contributed by atoms with van der Waals surface area (Å²) < 4.78 is 7.28. The summed E-state index contributed by atoms with van der Waals surface area (Å²) >= 11 is 0. The Morgan fingerprint density at radius 3 is 2.80 bits per heavy atom. The number of amides is 1. The Morgan fingerprint density at radius 2 is 2.12 bits per heavy atom. The summed E-state index contributed by atoms with van der Waals surface area (Å²) in [6.45, 7) is 5.21. The van der Waals surface area contributed by atoms with Crippen molar-refractivity contribution in [2.45, 2.75) is 32.7 Å². The highest BCUT2D eigenvalue weighted by atomic mass is 16.5. The highest BCUT2D eigenvalue weighted by Crippen LogP contribution is 2.24.